The van der Waals surface area contributed by atoms with Crippen molar-refractivity contribution in [3.63, 3.8) is 0 Å². The molecule has 7 heteroatoms. The fourth-order valence-electron chi connectivity index (χ4n) is 3.03. The van der Waals surface area contributed by atoms with Crippen LogP contribution in [0.5, 0.6) is 0 Å². The normalized spacial score (nSPS) is 18.2. The molecule has 1 atom stereocenters. The van der Waals surface area contributed by atoms with E-state index in [-0.39, 0.29) is 11.9 Å². The van der Waals surface area contributed by atoms with Gasteiger partial charge >= 0.3 is 0 Å². The van der Waals surface area contributed by atoms with Gasteiger partial charge in [-0.25, -0.2) is 9.97 Å². The van der Waals surface area contributed by atoms with E-state index in [1.54, 1.807) is 17.3 Å². The van der Waals surface area contributed by atoms with E-state index in [1.807, 2.05) is 36.6 Å². The van der Waals surface area contributed by atoms with Gasteiger partial charge in [-0.15, -0.1) is 0 Å². The lowest BCUT2D eigenvalue weighted by molar-refractivity contribution is -0.00528. The molecule has 4 heterocycles. The van der Waals surface area contributed by atoms with Crippen LogP contribution < -0.4 is 0 Å². The molecule has 24 heavy (non-hydrogen) atoms. The summed E-state index contributed by atoms with van der Waals surface area (Å²) in [6.45, 7) is 5.44. The number of amides is 1. The SMILES string of the molecule is Cc1ccc2nc(C(=O)N3CCOCC3c3ncc(C)[nH]3)cn2c1. The average Bonchev–Trinajstić information content (AvgIpc) is 3.20. The van der Waals surface area contributed by atoms with Gasteiger partial charge in [0.2, 0.25) is 0 Å². The Hall–Kier alpha value is -2.67. The number of morpholine rings is 1. The van der Waals surface area contributed by atoms with Crippen molar-refractivity contribution in [3.05, 3.63) is 53.5 Å². The maximum atomic E-state index is 13.0. The van der Waals surface area contributed by atoms with E-state index in [2.05, 4.69) is 15.0 Å². The largest absolute Gasteiger partial charge is 0.377 e. The van der Waals surface area contributed by atoms with E-state index in [9.17, 15) is 4.79 Å². The Bertz CT molecular complexity index is 897. The van der Waals surface area contributed by atoms with Crippen molar-refractivity contribution in [1.29, 1.82) is 0 Å². The van der Waals surface area contributed by atoms with E-state index >= 15 is 0 Å². The zero-order valence-corrected chi connectivity index (χ0v) is 13.7. The number of hydrogen-bond acceptors (Lipinski definition) is 4. The van der Waals surface area contributed by atoms with Gasteiger partial charge in [0.05, 0.1) is 13.2 Å². The molecule has 0 radical (unpaired) electrons. The smallest absolute Gasteiger partial charge is 0.274 e. The highest BCUT2D eigenvalue weighted by Crippen LogP contribution is 2.24. The first kappa shape index (κ1) is 14.9. The molecular weight excluding hydrogens is 306 g/mol. The van der Waals surface area contributed by atoms with Crippen LogP contribution in [-0.4, -0.2) is 49.9 Å². The third-order valence-corrected chi connectivity index (χ3v) is 4.25. The third-order valence-electron chi connectivity index (χ3n) is 4.25. The second kappa shape index (κ2) is 5.76. The Morgan fingerprint density at radius 2 is 2.21 bits per heavy atom. The first-order chi connectivity index (χ1) is 11.6. The number of fused-ring (bicyclic) bond motifs is 1. The van der Waals surface area contributed by atoms with Crippen LogP contribution in [0.25, 0.3) is 5.65 Å². The molecule has 0 aliphatic carbocycles. The van der Waals surface area contributed by atoms with E-state index in [1.165, 1.54) is 0 Å². The minimum absolute atomic E-state index is 0.0984. The number of nitrogens with one attached hydrogen (secondary N) is 1. The van der Waals surface area contributed by atoms with Crippen molar-refractivity contribution in [2.45, 2.75) is 19.9 Å². The summed E-state index contributed by atoms with van der Waals surface area (Å²) >= 11 is 0. The highest BCUT2D eigenvalue weighted by Gasteiger charge is 2.32. The van der Waals surface area contributed by atoms with Crippen LogP contribution in [0.4, 0.5) is 0 Å². The fourth-order valence-corrected chi connectivity index (χ4v) is 3.03. The van der Waals surface area contributed by atoms with Gasteiger partial charge in [0.15, 0.2) is 0 Å². The van der Waals surface area contributed by atoms with Crippen molar-refractivity contribution in [2.75, 3.05) is 19.8 Å². The van der Waals surface area contributed by atoms with Crippen LogP contribution in [0.2, 0.25) is 0 Å². The Balaban J connectivity index is 1.67. The van der Waals surface area contributed by atoms with Gasteiger partial charge in [-0.3, -0.25) is 4.79 Å². The fraction of sp³-hybridized carbons (Fsp3) is 0.353. The lowest BCUT2D eigenvalue weighted by atomic mass is 10.2. The van der Waals surface area contributed by atoms with Crippen molar-refractivity contribution in [1.82, 2.24) is 24.3 Å². The molecule has 124 valence electrons. The van der Waals surface area contributed by atoms with Crippen LogP contribution in [0.15, 0.2) is 30.7 Å². The van der Waals surface area contributed by atoms with E-state index in [4.69, 9.17) is 4.74 Å². The quantitative estimate of drug-likeness (QED) is 0.781. The van der Waals surface area contributed by atoms with Crippen molar-refractivity contribution in [2.24, 2.45) is 0 Å². The van der Waals surface area contributed by atoms with Gasteiger partial charge in [-0.1, -0.05) is 6.07 Å². The van der Waals surface area contributed by atoms with Crippen LogP contribution in [0, 0.1) is 13.8 Å². The number of H-pyrrole nitrogens is 1. The summed E-state index contributed by atoms with van der Waals surface area (Å²) in [5.41, 5.74) is 3.29. The molecular formula is C17H19N5O2. The number of aromatic amines is 1. The summed E-state index contributed by atoms with van der Waals surface area (Å²) in [6, 6.07) is 3.69. The van der Waals surface area contributed by atoms with Crippen molar-refractivity contribution < 1.29 is 9.53 Å². The molecule has 1 unspecified atom stereocenters. The van der Waals surface area contributed by atoms with Crippen LogP contribution in [0.1, 0.15) is 33.6 Å². The minimum atomic E-state index is -0.216. The summed E-state index contributed by atoms with van der Waals surface area (Å²) in [7, 11) is 0. The molecule has 1 N–H and O–H groups in total. The van der Waals surface area contributed by atoms with Gasteiger partial charge in [-0.2, -0.15) is 0 Å². The molecule has 1 saturated heterocycles. The van der Waals surface area contributed by atoms with Crippen molar-refractivity contribution >= 4 is 11.6 Å². The molecule has 1 fully saturated rings. The molecule has 1 aliphatic heterocycles. The number of imidazole rings is 2. The number of ether oxygens (including phenoxy) is 1. The Kier molecular flexibility index (Phi) is 3.57. The van der Waals surface area contributed by atoms with Crippen molar-refractivity contribution in [3.8, 4) is 0 Å². The molecule has 3 aromatic rings. The van der Waals surface area contributed by atoms with E-state index in [0.29, 0.717) is 25.5 Å². The zero-order chi connectivity index (χ0) is 16.7. The topological polar surface area (TPSA) is 75.5 Å². The number of aryl methyl sites for hydroxylation is 2. The van der Waals surface area contributed by atoms with E-state index in [0.717, 1.165) is 22.7 Å². The number of nitrogens with zero attached hydrogens (tertiary/aromatic N) is 4. The third kappa shape index (κ3) is 2.56. The van der Waals surface area contributed by atoms with Crippen LogP contribution in [0.3, 0.4) is 0 Å². The van der Waals surface area contributed by atoms with Gasteiger partial charge in [0.25, 0.3) is 5.91 Å². The highest BCUT2D eigenvalue weighted by molar-refractivity contribution is 5.93. The lowest BCUT2D eigenvalue weighted by Crippen LogP contribution is -2.44. The number of carbonyl (C=O) groups is 1. The summed E-state index contributed by atoms with van der Waals surface area (Å²) < 4.78 is 7.44. The lowest BCUT2D eigenvalue weighted by Gasteiger charge is -2.33. The Labute approximate surface area is 139 Å². The second-order valence-corrected chi connectivity index (χ2v) is 6.14. The van der Waals surface area contributed by atoms with Gasteiger partial charge in [-0.05, 0) is 25.5 Å². The monoisotopic (exact) mass is 325 g/mol. The number of carbonyl (C=O) groups excluding carboxylic acids is 1. The highest BCUT2D eigenvalue weighted by atomic mass is 16.5. The van der Waals surface area contributed by atoms with E-state index < -0.39 is 0 Å². The molecule has 1 aliphatic rings. The molecule has 3 aromatic heterocycles. The predicted molar refractivity (Wildman–Crippen MR) is 87.9 cm³/mol. The van der Waals surface area contributed by atoms with Gasteiger partial charge in [0, 0.05) is 30.8 Å². The molecule has 0 saturated carbocycles. The first-order valence-electron chi connectivity index (χ1n) is 7.97. The average molecular weight is 325 g/mol. The molecule has 4 rings (SSSR count). The summed E-state index contributed by atoms with van der Waals surface area (Å²) in [6.07, 6.45) is 5.51. The van der Waals surface area contributed by atoms with Crippen LogP contribution in [-0.2, 0) is 4.74 Å². The molecule has 0 aromatic carbocycles. The zero-order valence-electron chi connectivity index (χ0n) is 13.7. The second-order valence-electron chi connectivity index (χ2n) is 6.14. The number of rotatable bonds is 2. The maximum Gasteiger partial charge on any atom is 0.274 e. The maximum absolute atomic E-state index is 13.0. The molecule has 7 nitrogen and oxygen atoms in total. The van der Waals surface area contributed by atoms with Gasteiger partial charge < -0.3 is 19.0 Å². The first-order valence-corrected chi connectivity index (χ1v) is 7.97. The molecule has 0 spiro atoms. The molecule has 0 bridgehead atoms. The predicted octanol–water partition coefficient (Wildman–Crippen LogP) is 1.89. The number of hydrogen-bond donors (Lipinski definition) is 1. The standard InChI is InChI=1S/C17H19N5O2/c1-11-3-4-15-20-13(9-21(15)8-11)17(23)22-5-6-24-10-14(22)16-18-7-12(2)19-16/h3-4,7-9,14H,5-6,10H2,1-2H3,(H,18,19). The van der Waals surface area contributed by atoms with Crippen LogP contribution >= 0.6 is 0 Å². The summed E-state index contributed by atoms with van der Waals surface area (Å²) in [4.78, 5) is 26.8. The Morgan fingerprint density at radius 1 is 1.33 bits per heavy atom. The summed E-state index contributed by atoms with van der Waals surface area (Å²) in [5, 5.41) is 0. The number of aromatic nitrogens is 4. The minimum Gasteiger partial charge on any atom is -0.377 e. The molecule has 1 amide bonds. The summed E-state index contributed by atoms with van der Waals surface area (Å²) in [5.74, 6) is 0.652. The number of pyridine rings is 1. The van der Waals surface area contributed by atoms with Gasteiger partial charge in [0.1, 0.15) is 23.2 Å². The Morgan fingerprint density at radius 3 is 3.00 bits per heavy atom.